The van der Waals surface area contributed by atoms with E-state index in [1.54, 1.807) is 13.2 Å². The lowest BCUT2D eigenvalue weighted by molar-refractivity contribution is 0.0911. The van der Waals surface area contributed by atoms with Crippen LogP contribution in [-0.4, -0.2) is 30.0 Å². The molecule has 0 aliphatic carbocycles. The number of primary amides is 1. The normalized spacial score (nSPS) is 10.7. The summed E-state index contributed by atoms with van der Waals surface area (Å²) in [4.78, 5) is 24.4. The number of carbonyl (C=O) groups excluding carboxylic acids is 2. The summed E-state index contributed by atoms with van der Waals surface area (Å²) < 4.78 is 12.9. The van der Waals surface area contributed by atoms with Crippen LogP contribution in [0.4, 0.5) is 0 Å². The van der Waals surface area contributed by atoms with E-state index in [4.69, 9.17) is 26.8 Å². The van der Waals surface area contributed by atoms with Crippen molar-refractivity contribution in [2.24, 2.45) is 5.73 Å². The predicted octanol–water partition coefficient (Wildman–Crippen LogP) is 4.37. The van der Waals surface area contributed by atoms with Gasteiger partial charge in [-0.05, 0) is 62.2 Å². The zero-order valence-corrected chi connectivity index (χ0v) is 18.5. The summed E-state index contributed by atoms with van der Waals surface area (Å²) in [6.07, 6.45) is 0.831. The number of Topliss-reactive ketones (excluding diaryl/α,β-unsaturated/α-hetero) is 1. The Balaban J connectivity index is 1.69. The number of nitrogens with two attached hydrogens (primary N) is 1. The van der Waals surface area contributed by atoms with Crippen molar-refractivity contribution in [3.63, 3.8) is 0 Å². The van der Waals surface area contributed by atoms with Gasteiger partial charge in [0.1, 0.15) is 11.5 Å². The summed E-state index contributed by atoms with van der Waals surface area (Å²) in [5, 5.41) is 0.368. The third-order valence-corrected chi connectivity index (χ3v) is 5.46. The van der Waals surface area contributed by atoms with Gasteiger partial charge in [-0.25, -0.2) is 0 Å². The Morgan fingerprint density at radius 1 is 1.03 bits per heavy atom. The molecule has 1 heterocycles. The number of nitrogens with zero attached hydrogens (tertiary/aromatic N) is 1. The molecular formula is C24H25ClN2O4. The molecule has 3 rings (SSSR count). The summed E-state index contributed by atoms with van der Waals surface area (Å²) in [6.45, 7) is 4.44. The number of ketones is 1. The largest absolute Gasteiger partial charge is 0.497 e. The Morgan fingerprint density at radius 3 is 2.39 bits per heavy atom. The van der Waals surface area contributed by atoms with Gasteiger partial charge in [-0.15, -0.1) is 0 Å². The van der Waals surface area contributed by atoms with Crippen LogP contribution in [0.15, 0.2) is 48.5 Å². The lowest BCUT2D eigenvalue weighted by Crippen LogP contribution is -2.17. The van der Waals surface area contributed by atoms with Crippen LogP contribution in [0.5, 0.6) is 11.5 Å². The Bertz CT molecular complexity index is 1100. The predicted molar refractivity (Wildman–Crippen MR) is 120 cm³/mol. The molecule has 3 aromatic rings. The molecule has 1 amide bonds. The van der Waals surface area contributed by atoms with Crippen molar-refractivity contribution in [3.8, 4) is 11.5 Å². The quantitative estimate of drug-likeness (QED) is 0.501. The first-order valence-corrected chi connectivity index (χ1v) is 10.2. The van der Waals surface area contributed by atoms with Crippen molar-refractivity contribution >= 4 is 23.3 Å². The Labute approximate surface area is 186 Å². The van der Waals surface area contributed by atoms with Crippen LogP contribution in [0.25, 0.3) is 0 Å². The number of ether oxygens (including phenoxy) is 2. The molecule has 0 bridgehead atoms. The van der Waals surface area contributed by atoms with Crippen LogP contribution >= 0.6 is 11.6 Å². The molecule has 0 saturated heterocycles. The highest BCUT2D eigenvalue weighted by Crippen LogP contribution is 2.23. The molecule has 0 spiro atoms. The fourth-order valence-corrected chi connectivity index (χ4v) is 3.67. The van der Waals surface area contributed by atoms with E-state index in [0.29, 0.717) is 10.6 Å². The smallest absolute Gasteiger partial charge is 0.252 e. The fourth-order valence-electron chi connectivity index (χ4n) is 3.50. The van der Waals surface area contributed by atoms with Crippen molar-refractivity contribution < 1.29 is 19.1 Å². The first kappa shape index (κ1) is 22.4. The maximum absolute atomic E-state index is 12.8. The zero-order valence-electron chi connectivity index (χ0n) is 17.8. The molecule has 2 aromatic carbocycles. The highest BCUT2D eigenvalue weighted by molar-refractivity contribution is 6.31. The molecule has 31 heavy (non-hydrogen) atoms. The van der Waals surface area contributed by atoms with Crippen LogP contribution in [0.2, 0.25) is 5.02 Å². The number of carbonyl (C=O) groups is 2. The molecule has 7 heteroatoms. The summed E-state index contributed by atoms with van der Waals surface area (Å²) in [6, 6.07) is 14.4. The first-order valence-electron chi connectivity index (χ1n) is 9.85. The number of hydrogen-bond donors (Lipinski definition) is 1. The van der Waals surface area contributed by atoms with Gasteiger partial charge in [0.25, 0.3) is 5.91 Å². The molecule has 0 fully saturated rings. The van der Waals surface area contributed by atoms with Gasteiger partial charge in [-0.3, -0.25) is 9.59 Å². The van der Waals surface area contributed by atoms with Gasteiger partial charge in [0, 0.05) is 28.5 Å². The second kappa shape index (κ2) is 9.71. The monoisotopic (exact) mass is 440 g/mol. The highest BCUT2D eigenvalue weighted by atomic mass is 35.5. The second-order valence-electron chi connectivity index (χ2n) is 7.25. The summed E-state index contributed by atoms with van der Waals surface area (Å²) in [5.41, 5.74) is 9.18. The lowest BCUT2D eigenvalue weighted by Gasteiger charge is -2.11. The number of amides is 1. The molecular weight excluding hydrogens is 416 g/mol. The van der Waals surface area contributed by atoms with E-state index >= 15 is 0 Å². The number of benzene rings is 2. The van der Waals surface area contributed by atoms with E-state index < -0.39 is 5.91 Å². The van der Waals surface area contributed by atoms with E-state index in [9.17, 15) is 9.59 Å². The van der Waals surface area contributed by atoms with Crippen LogP contribution < -0.4 is 15.2 Å². The van der Waals surface area contributed by atoms with Gasteiger partial charge < -0.3 is 19.8 Å². The van der Waals surface area contributed by atoms with E-state index in [2.05, 4.69) is 4.57 Å². The lowest BCUT2D eigenvalue weighted by atomic mass is 10.1. The second-order valence-corrected chi connectivity index (χ2v) is 7.69. The summed E-state index contributed by atoms with van der Waals surface area (Å²) in [5.74, 6) is 0.222. The van der Waals surface area contributed by atoms with Crippen molar-refractivity contribution in [3.05, 3.63) is 81.6 Å². The fraction of sp³-hybridized carbons (Fsp3) is 0.250. The Hall–Kier alpha value is -3.25. The number of aromatic nitrogens is 1. The van der Waals surface area contributed by atoms with Crippen molar-refractivity contribution in [2.75, 3.05) is 13.7 Å². The molecule has 162 valence electrons. The van der Waals surface area contributed by atoms with Gasteiger partial charge in [-0.2, -0.15) is 0 Å². The maximum atomic E-state index is 12.8. The van der Waals surface area contributed by atoms with Gasteiger partial charge >= 0.3 is 0 Å². The number of hydrogen-bond acceptors (Lipinski definition) is 4. The topological polar surface area (TPSA) is 83.6 Å². The number of rotatable bonds is 9. The minimum Gasteiger partial charge on any atom is -0.497 e. The van der Waals surface area contributed by atoms with Crippen LogP contribution in [0.1, 0.15) is 37.7 Å². The molecule has 2 N–H and O–H groups in total. The molecule has 0 unspecified atom stereocenters. The molecule has 1 aromatic heterocycles. The number of methoxy groups -OCH3 is 1. The van der Waals surface area contributed by atoms with Gasteiger partial charge in [-0.1, -0.05) is 23.7 Å². The van der Waals surface area contributed by atoms with E-state index in [0.717, 1.165) is 30.1 Å². The van der Waals surface area contributed by atoms with Gasteiger partial charge in [0.2, 0.25) is 5.78 Å². The Kier molecular flexibility index (Phi) is 7.02. The summed E-state index contributed by atoms with van der Waals surface area (Å²) in [7, 11) is 1.64. The summed E-state index contributed by atoms with van der Waals surface area (Å²) >= 11 is 5.91. The minimum absolute atomic E-state index is 0.144. The standard InChI is InChI=1S/C24H25ClN2O4/c1-15-12-20(16(2)27(15)11-10-17-4-7-19(30-3)8-5-17)22(28)14-31-23-9-6-18(25)13-21(23)24(26)29/h4-9,12-13H,10-11,14H2,1-3H3,(H2,26,29). The first-order chi connectivity index (χ1) is 14.8. The van der Waals surface area contributed by atoms with Crippen molar-refractivity contribution in [2.45, 2.75) is 26.8 Å². The average molecular weight is 441 g/mol. The molecule has 6 nitrogen and oxygen atoms in total. The molecule has 0 aliphatic heterocycles. The van der Waals surface area contributed by atoms with E-state index in [1.165, 1.54) is 17.7 Å². The van der Waals surface area contributed by atoms with Crippen molar-refractivity contribution in [1.29, 1.82) is 0 Å². The molecule has 0 saturated carbocycles. The average Bonchev–Trinajstić information content (AvgIpc) is 3.04. The van der Waals surface area contributed by atoms with Crippen LogP contribution in [0.3, 0.4) is 0 Å². The number of halogens is 1. The maximum Gasteiger partial charge on any atom is 0.252 e. The SMILES string of the molecule is COc1ccc(CCn2c(C)cc(C(=O)COc3ccc(Cl)cc3C(N)=O)c2C)cc1. The van der Waals surface area contributed by atoms with E-state index in [1.807, 2.05) is 44.2 Å². The third kappa shape index (κ3) is 5.27. The van der Waals surface area contributed by atoms with Gasteiger partial charge in [0.05, 0.1) is 12.7 Å². The minimum atomic E-state index is -0.665. The third-order valence-electron chi connectivity index (χ3n) is 5.22. The molecule has 0 aliphatic rings. The van der Waals surface area contributed by atoms with Gasteiger partial charge in [0.15, 0.2) is 6.61 Å². The van der Waals surface area contributed by atoms with Crippen LogP contribution in [-0.2, 0) is 13.0 Å². The molecule has 0 atom stereocenters. The molecule has 0 radical (unpaired) electrons. The van der Waals surface area contributed by atoms with Crippen molar-refractivity contribution in [1.82, 2.24) is 4.57 Å². The van der Waals surface area contributed by atoms with E-state index in [-0.39, 0.29) is 23.7 Å². The highest BCUT2D eigenvalue weighted by Gasteiger charge is 2.18. The number of aryl methyl sites for hydroxylation is 2. The Morgan fingerprint density at radius 2 is 1.74 bits per heavy atom. The van der Waals surface area contributed by atoms with Crippen LogP contribution in [0, 0.1) is 13.8 Å². The zero-order chi connectivity index (χ0) is 22.5.